The molecule has 4 heterocycles. The van der Waals surface area contributed by atoms with E-state index in [2.05, 4.69) is 15.1 Å². The van der Waals surface area contributed by atoms with Crippen LogP contribution in [-0.4, -0.2) is 32.5 Å². The molecule has 0 aliphatic carbocycles. The zero-order valence-electron chi connectivity index (χ0n) is 12.9. The summed E-state index contributed by atoms with van der Waals surface area (Å²) in [5, 5.41) is 6.84. The number of carbonyl (C=O) groups is 1. The number of amides is 1. The Morgan fingerprint density at radius 1 is 1.46 bits per heavy atom. The molecule has 0 unspecified atom stereocenters. The van der Waals surface area contributed by atoms with Crippen LogP contribution < -0.4 is 0 Å². The fraction of sp³-hybridized carbons (Fsp3) is 0.375. The highest BCUT2D eigenvalue weighted by molar-refractivity contribution is 7.09. The lowest BCUT2D eigenvalue weighted by molar-refractivity contribution is -0.132. The Labute approximate surface area is 142 Å². The second-order valence-corrected chi connectivity index (χ2v) is 6.53. The monoisotopic (exact) mass is 344 g/mol. The van der Waals surface area contributed by atoms with Gasteiger partial charge in [-0.25, -0.2) is 4.98 Å². The zero-order valence-corrected chi connectivity index (χ0v) is 13.7. The number of aryl methyl sites for hydroxylation is 1. The third-order valence-electron chi connectivity index (χ3n) is 4.07. The van der Waals surface area contributed by atoms with Crippen molar-refractivity contribution < 1.29 is 13.7 Å². The van der Waals surface area contributed by atoms with Gasteiger partial charge in [-0.05, 0) is 25.0 Å². The first-order valence-corrected chi connectivity index (χ1v) is 8.74. The van der Waals surface area contributed by atoms with E-state index in [4.69, 9.17) is 8.94 Å². The second kappa shape index (κ2) is 6.56. The van der Waals surface area contributed by atoms with Gasteiger partial charge in [0, 0.05) is 31.0 Å². The molecule has 3 aromatic heterocycles. The van der Waals surface area contributed by atoms with Crippen molar-refractivity contribution in [2.45, 2.75) is 31.7 Å². The van der Waals surface area contributed by atoms with Crippen molar-refractivity contribution in [1.29, 1.82) is 0 Å². The Kier molecular flexibility index (Phi) is 4.12. The normalized spacial score (nSPS) is 17.5. The molecular weight excluding hydrogens is 328 g/mol. The molecule has 1 fully saturated rings. The highest BCUT2D eigenvalue weighted by Crippen LogP contribution is 2.33. The first-order valence-electron chi connectivity index (χ1n) is 7.86. The van der Waals surface area contributed by atoms with E-state index in [0.717, 1.165) is 24.4 Å². The Morgan fingerprint density at radius 2 is 2.42 bits per heavy atom. The number of furan rings is 1. The Morgan fingerprint density at radius 3 is 3.21 bits per heavy atom. The van der Waals surface area contributed by atoms with Crippen molar-refractivity contribution in [3.8, 4) is 11.6 Å². The number of aromatic nitrogens is 3. The molecule has 1 atom stereocenters. The molecule has 0 radical (unpaired) electrons. The van der Waals surface area contributed by atoms with Gasteiger partial charge in [-0.2, -0.15) is 4.98 Å². The minimum absolute atomic E-state index is 0.102. The maximum atomic E-state index is 12.6. The van der Waals surface area contributed by atoms with Gasteiger partial charge in [0.15, 0.2) is 5.76 Å². The van der Waals surface area contributed by atoms with E-state index in [1.807, 2.05) is 10.3 Å². The zero-order chi connectivity index (χ0) is 16.4. The number of rotatable bonds is 5. The van der Waals surface area contributed by atoms with E-state index in [1.54, 1.807) is 35.9 Å². The molecule has 0 bridgehead atoms. The standard InChI is InChI=1S/C16H16N4O3S/c21-14(20-8-1-3-11(20)16-17-7-10-24-16)6-5-13-18-15(19-23-13)12-4-2-9-22-12/h2,4,7,9-11H,1,3,5-6,8H2/t11-/m1/s1. The summed E-state index contributed by atoms with van der Waals surface area (Å²) in [5.41, 5.74) is 0. The molecular formula is C16H16N4O3S. The van der Waals surface area contributed by atoms with E-state index in [9.17, 15) is 4.79 Å². The smallest absolute Gasteiger partial charge is 0.238 e. The average Bonchev–Trinajstić information content (AvgIpc) is 3.40. The van der Waals surface area contributed by atoms with Crippen LogP contribution >= 0.6 is 11.3 Å². The van der Waals surface area contributed by atoms with Gasteiger partial charge in [0.05, 0.1) is 12.3 Å². The molecule has 8 heteroatoms. The topological polar surface area (TPSA) is 85.3 Å². The third-order valence-corrected chi connectivity index (χ3v) is 4.95. The Bertz CT molecular complexity index is 797. The molecule has 124 valence electrons. The molecule has 4 rings (SSSR count). The summed E-state index contributed by atoms with van der Waals surface area (Å²) in [4.78, 5) is 23.1. The van der Waals surface area contributed by atoms with Gasteiger partial charge in [0.1, 0.15) is 5.01 Å². The lowest BCUT2D eigenvalue weighted by Gasteiger charge is -2.22. The van der Waals surface area contributed by atoms with Gasteiger partial charge >= 0.3 is 0 Å². The van der Waals surface area contributed by atoms with Crippen molar-refractivity contribution in [3.63, 3.8) is 0 Å². The molecule has 1 aliphatic rings. The average molecular weight is 344 g/mol. The molecule has 0 saturated carbocycles. The minimum atomic E-state index is 0.102. The molecule has 1 aliphatic heterocycles. The number of hydrogen-bond donors (Lipinski definition) is 0. The summed E-state index contributed by atoms with van der Waals surface area (Å²) in [7, 11) is 0. The van der Waals surface area contributed by atoms with Crippen LogP contribution in [0.3, 0.4) is 0 Å². The van der Waals surface area contributed by atoms with E-state index in [0.29, 0.717) is 30.3 Å². The molecule has 24 heavy (non-hydrogen) atoms. The summed E-state index contributed by atoms with van der Waals surface area (Å²) in [6.45, 7) is 0.782. The molecule has 0 aromatic carbocycles. The molecule has 0 spiro atoms. The summed E-state index contributed by atoms with van der Waals surface area (Å²) in [5.74, 6) is 1.51. The minimum Gasteiger partial charge on any atom is -0.461 e. The summed E-state index contributed by atoms with van der Waals surface area (Å²) in [6.07, 6.45) is 6.10. The fourth-order valence-corrected chi connectivity index (χ4v) is 3.73. The van der Waals surface area contributed by atoms with Gasteiger partial charge in [0.25, 0.3) is 0 Å². The summed E-state index contributed by atoms with van der Waals surface area (Å²) >= 11 is 1.60. The predicted octanol–water partition coefficient (Wildman–Crippen LogP) is 3.08. The summed E-state index contributed by atoms with van der Waals surface area (Å²) < 4.78 is 10.4. The quantitative estimate of drug-likeness (QED) is 0.707. The first kappa shape index (κ1) is 15.1. The molecule has 0 N–H and O–H groups in total. The van der Waals surface area contributed by atoms with Crippen molar-refractivity contribution in [3.05, 3.63) is 40.9 Å². The highest BCUT2D eigenvalue weighted by Gasteiger charge is 2.31. The largest absolute Gasteiger partial charge is 0.461 e. The van der Waals surface area contributed by atoms with Gasteiger partial charge in [-0.15, -0.1) is 11.3 Å². The molecule has 7 nitrogen and oxygen atoms in total. The third kappa shape index (κ3) is 2.96. The number of thiazole rings is 1. The molecule has 1 amide bonds. The molecule has 1 saturated heterocycles. The Hall–Kier alpha value is -2.48. The number of nitrogens with zero attached hydrogens (tertiary/aromatic N) is 4. The SMILES string of the molecule is O=C(CCc1nc(-c2ccco2)no1)N1CCC[C@@H]1c1nccs1. The van der Waals surface area contributed by atoms with Gasteiger partial charge < -0.3 is 13.8 Å². The van der Waals surface area contributed by atoms with Crippen LogP contribution in [0.4, 0.5) is 0 Å². The van der Waals surface area contributed by atoms with Crippen molar-refractivity contribution in [2.75, 3.05) is 6.54 Å². The maximum Gasteiger partial charge on any atom is 0.238 e. The lowest BCUT2D eigenvalue weighted by atomic mass is 10.2. The number of carbonyl (C=O) groups excluding carboxylic acids is 1. The summed E-state index contributed by atoms with van der Waals surface area (Å²) in [6, 6.07) is 3.64. The van der Waals surface area contributed by atoms with Crippen LogP contribution in [0.15, 0.2) is 38.9 Å². The predicted molar refractivity (Wildman–Crippen MR) is 86.1 cm³/mol. The Balaban J connectivity index is 1.38. The van der Waals surface area contributed by atoms with Crippen LogP contribution in [0.25, 0.3) is 11.6 Å². The van der Waals surface area contributed by atoms with E-state index >= 15 is 0 Å². The van der Waals surface area contributed by atoms with Crippen LogP contribution in [0.2, 0.25) is 0 Å². The van der Waals surface area contributed by atoms with E-state index in [1.165, 1.54) is 0 Å². The maximum absolute atomic E-state index is 12.6. The van der Waals surface area contributed by atoms with Crippen molar-refractivity contribution in [1.82, 2.24) is 20.0 Å². The second-order valence-electron chi connectivity index (χ2n) is 5.60. The van der Waals surface area contributed by atoms with Gasteiger partial charge in [-0.3, -0.25) is 4.79 Å². The van der Waals surface area contributed by atoms with Crippen LogP contribution in [-0.2, 0) is 11.2 Å². The molecule has 3 aromatic rings. The van der Waals surface area contributed by atoms with Crippen LogP contribution in [0.1, 0.15) is 36.2 Å². The first-order chi connectivity index (χ1) is 11.8. The van der Waals surface area contributed by atoms with Crippen LogP contribution in [0, 0.1) is 0 Å². The lowest BCUT2D eigenvalue weighted by Crippen LogP contribution is -2.30. The fourth-order valence-electron chi connectivity index (χ4n) is 2.94. The highest BCUT2D eigenvalue weighted by atomic mass is 32.1. The number of hydrogen-bond acceptors (Lipinski definition) is 7. The van der Waals surface area contributed by atoms with Crippen molar-refractivity contribution in [2.24, 2.45) is 0 Å². The number of likely N-dealkylation sites (tertiary alicyclic amines) is 1. The van der Waals surface area contributed by atoms with Crippen molar-refractivity contribution >= 4 is 17.2 Å². The van der Waals surface area contributed by atoms with Gasteiger partial charge in [-0.1, -0.05) is 5.16 Å². The van der Waals surface area contributed by atoms with E-state index < -0.39 is 0 Å². The van der Waals surface area contributed by atoms with Crippen LogP contribution in [0.5, 0.6) is 0 Å². The van der Waals surface area contributed by atoms with E-state index in [-0.39, 0.29) is 11.9 Å². The van der Waals surface area contributed by atoms with Gasteiger partial charge in [0.2, 0.25) is 17.6 Å².